The molecule has 1 amide bonds. The molecular weight excluding hydrogens is 408 g/mol. The molecule has 3 aromatic rings. The van der Waals surface area contributed by atoms with Crippen LogP contribution in [0.15, 0.2) is 64.2 Å². The zero-order valence-electron chi connectivity index (χ0n) is 15.8. The van der Waals surface area contributed by atoms with Gasteiger partial charge in [0.2, 0.25) is 0 Å². The summed E-state index contributed by atoms with van der Waals surface area (Å²) >= 11 is 1.22. The molecule has 4 rings (SSSR count). The Morgan fingerprint density at radius 3 is 2.69 bits per heavy atom. The Balaban J connectivity index is 1.56. The third-order valence-corrected chi connectivity index (χ3v) is 8.10. The molecular formula is C21H20N2O4S2. The maximum Gasteiger partial charge on any atom is 0.259 e. The van der Waals surface area contributed by atoms with Gasteiger partial charge >= 0.3 is 0 Å². The van der Waals surface area contributed by atoms with Crippen LogP contribution in [-0.2, 0) is 23.0 Å². The summed E-state index contributed by atoms with van der Waals surface area (Å²) in [5, 5.41) is 4.64. The van der Waals surface area contributed by atoms with E-state index in [9.17, 15) is 13.2 Å². The van der Waals surface area contributed by atoms with E-state index in [4.69, 9.17) is 4.74 Å². The SMILES string of the molecule is COc1ccccc1C(=O)Nc1ccc2c(c1)CN(S(=O)(=O)c1cccs1)CC2. The zero-order valence-corrected chi connectivity index (χ0v) is 17.4. The molecule has 29 heavy (non-hydrogen) atoms. The van der Waals surface area contributed by atoms with Gasteiger partial charge in [-0.15, -0.1) is 11.3 Å². The molecule has 1 aliphatic rings. The number of para-hydroxylation sites is 1. The number of carbonyl (C=O) groups excluding carboxylic acids is 1. The van der Waals surface area contributed by atoms with Crippen molar-refractivity contribution < 1.29 is 17.9 Å². The summed E-state index contributed by atoms with van der Waals surface area (Å²) in [5.41, 5.74) is 3.05. The molecule has 0 atom stereocenters. The number of ether oxygens (including phenoxy) is 1. The lowest BCUT2D eigenvalue weighted by Gasteiger charge is -2.28. The van der Waals surface area contributed by atoms with Gasteiger partial charge in [0.15, 0.2) is 0 Å². The molecule has 1 aliphatic heterocycles. The molecule has 0 unspecified atom stereocenters. The van der Waals surface area contributed by atoms with Crippen LogP contribution in [0.3, 0.4) is 0 Å². The second-order valence-corrected chi connectivity index (χ2v) is 9.77. The maximum absolute atomic E-state index is 12.8. The maximum atomic E-state index is 12.8. The lowest BCUT2D eigenvalue weighted by Crippen LogP contribution is -2.35. The monoisotopic (exact) mass is 428 g/mol. The first-order chi connectivity index (χ1) is 14.0. The van der Waals surface area contributed by atoms with E-state index in [2.05, 4.69) is 5.32 Å². The van der Waals surface area contributed by atoms with E-state index in [1.165, 1.54) is 22.8 Å². The number of nitrogens with one attached hydrogen (secondary N) is 1. The number of fused-ring (bicyclic) bond motifs is 1. The van der Waals surface area contributed by atoms with Gasteiger partial charge in [0, 0.05) is 18.8 Å². The molecule has 2 aromatic carbocycles. The molecule has 0 saturated heterocycles. The minimum atomic E-state index is -3.50. The zero-order chi connectivity index (χ0) is 20.4. The fourth-order valence-corrected chi connectivity index (χ4v) is 5.95. The summed E-state index contributed by atoms with van der Waals surface area (Å²) in [7, 11) is -1.98. The third kappa shape index (κ3) is 3.91. The fourth-order valence-electron chi connectivity index (χ4n) is 3.38. The predicted octanol–water partition coefficient (Wildman–Crippen LogP) is 3.76. The topological polar surface area (TPSA) is 75.7 Å². The van der Waals surface area contributed by atoms with E-state index in [1.54, 1.807) is 41.8 Å². The first-order valence-electron chi connectivity index (χ1n) is 9.09. The second kappa shape index (κ2) is 7.98. The van der Waals surface area contributed by atoms with E-state index in [1.807, 2.05) is 18.2 Å². The highest BCUT2D eigenvalue weighted by molar-refractivity contribution is 7.91. The summed E-state index contributed by atoms with van der Waals surface area (Å²) in [6, 6.07) is 16.0. The van der Waals surface area contributed by atoms with Gasteiger partial charge < -0.3 is 10.1 Å². The molecule has 1 aromatic heterocycles. The molecule has 6 nitrogen and oxygen atoms in total. The number of nitrogens with zero attached hydrogens (tertiary/aromatic N) is 1. The Bertz CT molecular complexity index is 1140. The van der Waals surface area contributed by atoms with Crippen molar-refractivity contribution in [1.29, 1.82) is 0 Å². The first-order valence-corrected chi connectivity index (χ1v) is 11.4. The number of methoxy groups -OCH3 is 1. The smallest absolute Gasteiger partial charge is 0.259 e. The van der Waals surface area contributed by atoms with Gasteiger partial charge in [0.05, 0.1) is 12.7 Å². The van der Waals surface area contributed by atoms with Crippen molar-refractivity contribution >= 4 is 33.0 Å². The van der Waals surface area contributed by atoms with Crippen LogP contribution >= 0.6 is 11.3 Å². The number of rotatable bonds is 5. The molecule has 0 radical (unpaired) electrons. The van der Waals surface area contributed by atoms with Crippen LogP contribution in [0.2, 0.25) is 0 Å². The number of thiophene rings is 1. The van der Waals surface area contributed by atoms with Crippen LogP contribution in [0, 0.1) is 0 Å². The van der Waals surface area contributed by atoms with Gasteiger partial charge in [-0.3, -0.25) is 4.79 Å². The van der Waals surface area contributed by atoms with Crippen LogP contribution in [0.4, 0.5) is 5.69 Å². The van der Waals surface area contributed by atoms with Crippen LogP contribution in [-0.4, -0.2) is 32.3 Å². The molecule has 150 valence electrons. The summed E-state index contributed by atoms with van der Waals surface area (Å²) in [6.45, 7) is 0.730. The molecule has 1 N–H and O–H groups in total. The predicted molar refractivity (Wildman–Crippen MR) is 113 cm³/mol. The van der Waals surface area contributed by atoms with Gasteiger partial charge in [0.1, 0.15) is 9.96 Å². The molecule has 0 fully saturated rings. The van der Waals surface area contributed by atoms with E-state index in [0.717, 1.165) is 11.1 Å². The average molecular weight is 429 g/mol. The molecule has 8 heteroatoms. The Morgan fingerprint density at radius 1 is 1.10 bits per heavy atom. The Kier molecular flexibility index (Phi) is 5.40. The number of anilines is 1. The van der Waals surface area contributed by atoms with E-state index in [-0.39, 0.29) is 12.5 Å². The van der Waals surface area contributed by atoms with Crippen molar-refractivity contribution in [2.24, 2.45) is 0 Å². The molecule has 2 heterocycles. The van der Waals surface area contributed by atoms with Gasteiger partial charge in [0.25, 0.3) is 15.9 Å². The van der Waals surface area contributed by atoms with Crippen molar-refractivity contribution in [3.8, 4) is 5.75 Å². The molecule has 0 aliphatic carbocycles. The van der Waals surface area contributed by atoms with Crippen LogP contribution < -0.4 is 10.1 Å². The second-order valence-electron chi connectivity index (χ2n) is 6.66. The number of hydrogen-bond acceptors (Lipinski definition) is 5. The van der Waals surface area contributed by atoms with Crippen molar-refractivity contribution in [3.05, 3.63) is 76.7 Å². The fraction of sp³-hybridized carbons (Fsp3) is 0.190. The highest BCUT2D eigenvalue weighted by Crippen LogP contribution is 2.29. The van der Waals surface area contributed by atoms with E-state index < -0.39 is 10.0 Å². The van der Waals surface area contributed by atoms with Crippen LogP contribution in [0.25, 0.3) is 0 Å². The number of hydrogen-bond donors (Lipinski definition) is 1. The van der Waals surface area contributed by atoms with Gasteiger partial charge in [-0.2, -0.15) is 4.31 Å². The Hall–Kier alpha value is -2.68. The number of benzene rings is 2. The van der Waals surface area contributed by atoms with E-state index in [0.29, 0.717) is 34.2 Å². The Labute approximate surface area is 173 Å². The Morgan fingerprint density at radius 2 is 1.93 bits per heavy atom. The molecule has 0 saturated carbocycles. The van der Waals surface area contributed by atoms with Gasteiger partial charge in [-0.25, -0.2) is 8.42 Å². The average Bonchev–Trinajstić information content (AvgIpc) is 3.29. The minimum Gasteiger partial charge on any atom is -0.496 e. The first kappa shape index (κ1) is 19.6. The van der Waals surface area contributed by atoms with Crippen molar-refractivity contribution in [2.45, 2.75) is 17.2 Å². The van der Waals surface area contributed by atoms with Crippen LogP contribution in [0.5, 0.6) is 5.75 Å². The van der Waals surface area contributed by atoms with Gasteiger partial charge in [-0.1, -0.05) is 24.3 Å². The van der Waals surface area contributed by atoms with Crippen molar-refractivity contribution in [3.63, 3.8) is 0 Å². The third-order valence-electron chi connectivity index (χ3n) is 4.88. The highest BCUT2D eigenvalue weighted by atomic mass is 32.2. The number of amides is 1. The summed E-state index contributed by atoms with van der Waals surface area (Å²) in [4.78, 5) is 12.6. The minimum absolute atomic E-state index is 0.277. The van der Waals surface area contributed by atoms with Crippen molar-refractivity contribution in [1.82, 2.24) is 4.31 Å². The summed E-state index contributed by atoms with van der Waals surface area (Å²) in [5.74, 6) is 0.220. The largest absolute Gasteiger partial charge is 0.496 e. The summed E-state index contributed by atoms with van der Waals surface area (Å²) in [6.07, 6.45) is 0.640. The number of carbonyl (C=O) groups is 1. The summed E-state index contributed by atoms with van der Waals surface area (Å²) < 4.78 is 32.7. The standard InChI is InChI=1S/C21H20N2O4S2/c1-27-19-6-3-2-5-18(19)21(24)22-17-9-8-15-10-11-23(14-16(15)13-17)29(25,26)20-7-4-12-28-20/h2-9,12-13H,10-11,14H2,1H3,(H,22,24). The van der Waals surface area contributed by atoms with Crippen molar-refractivity contribution in [2.75, 3.05) is 19.0 Å². The molecule has 0 bridgehead atoms. The normalized spacial score (nSPS) is 14.2. The molecule has 0 spiro atoms. The van der Waals surface area contributed by atoms with Gasteiger partial charge in [-0.05, 0) is 53.3 Å². The quantitative estimate of drug-likeness (QED) is 0.671. The van der Waals surface area contributed by atoms with E-state index >= 15 is 0 Å². The highest BCUT2D eigenvalue weighted by Gasteiger charge is 2.29. The number of sulfonamides is 1. The lowest BCUT2D eigenvalue weighted by atomic mass is 10.0. The van der Waals surface area contributed by atoms with Crippen LogP contribution in [0.1, 0.15) is 21.5 Å². The lowest BCUT2D eigenvalue weighted by molar-refractivity contribution is 0.102.